The fraction of sp³-hybridized carbons (Fsp3) is 0.312. The highest BCUT2D eigenvalue weighted by atomic mass is 16.5. The molecule has 100 valence electrons. The average molecular weight is 257 g/mol. The molecule has 0 bridgehead atoms. The largest absolute Gasteiger partial charge is 0.466 e. The van der Waals surface area contributed by atoms with Gasteiger partial charge < -0.3 is 9.72 Å². The van der Waals surface area contributed by atoms with E-state index >= 15 is 0 Å². The molecular weight excluding hydrogens is 238 g/mol. The van der Waals surface area contributed by atoms with Crippen LogP contribution in [0.15, 0.2) is 42.5 Å². The van der Waals surface area contributed by atoms with E-state index in [1.54, 1.807) is 0 Å². The molecule has 3 nitrogen and oxygen atoms in total. The molecule has 0 saturated carbocycles. The number of H-pyrrole nitrogens is 1. The molecule has 0 amide bonds. The zero-order valence-corrected chi connectivity index (χ0v) is 11.2. The molecule has 1 heterocycles. The standard InChI is InChI=1S/C16H19NO2/c1-2-19-16(18)12-15-11-10-14(17-15)9-8-13-6-4-3-5-7-13/h3-7,10-11,17H,2,8-9,12H2,1H3. The van der Waals surface area contributed by atoms with Gasteiger partial charge in [-0.3, -0.25) is 4.79 Å². The number of aromatic amines is 1. The third kappa shape index (κ3) is 4.28. The van der Waals surface area contributed by atoms with E-state index in [1.165, 1.54) is 5.56 Å². The third-order valence-corrected chi connectivity index (χ3v) is 2.97. The van der Waals surface area contributed by atoms with E-state index in [1.807, 2.05) is 25.1 Å². The van der Waals surface area contributed by atoms with Crippen molar-refractivity contribution >= 4 is 5.97 Å². The number of esters is 1. The predicted octanol–water partition coefficient (Wildman–Crippen LogP) is 2.91. The summed E-state index contributed by atoms with van der Waals surface area (Å²) in [6.45, 7) is 2.25. The van der Waals surface area contributed by atoms with Crippen LogP contribution in [0, 0.1) is 0 Å². The maximum atomic E-state index is 11.4. The van der Waals surface area contributed by atoms with Crippen LogP contribution in [0.3, 0.4) is 0 Å². The lowest BCUT2D eigenvalue weighted by Gasteiger charge is -2.01. The number of hydrogen-bond acceptors (Lipinski definition) is 2. The molecule has 1 aromatic carbocycles. The molecule has 0 aliphatic rings. The fourth-order valence-electron chi connectivity index (χ4n) is 2.03. The Morgan fingerprint density at radius 3 is 2.53 bits per heavy atom. The van der Waals surface area contributed by atoms with Crippen LogP contribution in [0.2, 0.25) is 0 Å². The third-order valence-electron chi connectivity index (χ3n) is 2.97. The number of benzene rings is 1. The van der Waals surface area contributed by atoms with Gasteiger partial charge in [-0.25, -0.2) is 0 Å². The van der Waals surface area contributed by atoms with E-state index in [9.17, 15) is 4.79 Å². The van der Waals surface area contributed by atoms with Crippen molar-refractivity contribution in [3.63, 3.8) is 0 Å². The zero-order valence-electron chi connectivity index (χ0n) is 11.2. The van der Waals surface area contributed by atoms with Gasteiger partial charge >= 0.3 is 5.97 Å². The molecule has 2 aromatic rings. The summed E-state index contributed by atoms with van der Waals surface area (Å²) in [7, 11) is 0. The molecule has 0 aliphatic carbocycles. The summed E-state index contributed by atoms with van der Waals surface area (Å²) in [5.41, 5.74) is 3.40. The predicted molar refractivity (Wildman–Crippen MR) is 75.0 cm³/mol. The molecule has 1 N–H and O–H groups in total. The van der Waals surface area contributed by atoms with Crippen LogP contribution in [0.25, 0.3) is 0 Å². The molecule has 19 heavy (non-hydrogen) atoms. The molecule has 0 saturated heterocycles. The van der Waals surface area contributed by atoms with Crippen molar-refractivity contribution < 1.29 is 9.53 Å². The maximum Gasteiger partial charge on any atom is 0.311 e. The molecule has 3 heteroatoms. The number of aryl methyl sites for hydroxylation is 2. The van der Waals surface area contributed by atoms with Gasteiger partial charge in [0.2, 0.25) is 0 Å². The van der Waals surface area contributed by atoms with Crippen molar-refractivity contribution in [2.45, 2.75) is 26.2 Å². The van der Waals surface area contributed by atoms with Gasteiger partial charge in [-0.1, -0.05) is 30.3 Å². The summed E-state index contributed by atoms with van der Waals surface area (Å²) in [6.07, 6.45) is 2.27. The molecule has 1 aromatic heterocycles. The Hall–Kier alpha value is -2.03. The smallest absolute Gasteiger partial charge is 0.311 e. The van der Waals surface area contributed by atoms with Crippen LogP contribution in [0.5, 0.6) is 0 Å². The second kappa shape index (κ2) is 6.78. The monoisotopic (exact) mass is 257 g/mol. The van der Waals surface area contributed by atoms with Crippen molar-refractivity contribution in [3.05, 3.63) is 59.4 Å². The minimum Gasteiger partial charge on any atom is -0.466 e. The number of carbonyl (C=O) groups is 1. The summed E-state index contributed by atoms with van der Waals surface area (Å²) in [5, 5.41) is 0. The quantitative estimate of drug-likeness (QED) is 0.808. The number of hydrogen-bond donors (Lipinski definition) is 1. The van der Waals surface area contributed by atoms with Crippen molar-refractivity contribution in [2.75, 3.05) is 6.61 Å². The van der Waals surface area contributed by atoms with Gasteiger partial charge in [-0.15, -0.1) is 0 Å². The Morgan fingerprint density at radius 1 is 1.05 bits per heavy atom. The highest BCUT2D eigenvalue weighted by molar-refractivity contribution is 5.72. The van der Waals surface area contributed by atoms with Gasteiger partial charge in [-0.05, 0) is 37.5 Å². The Labute approximate surface area is 113 Å². The van der Waals surface area contributed by atoms with E-state index in [0.29, 0.717) is 13.0 Å². The first-order valence-corrected chi connectivity index (χ1v) is 6.64. The maximum absolute atomic E-state index is 11.4. The number of carbonyl (C=O) groups excluding carboxylic acids is 1. The van der Waals surface area contributed by atoms with Crippen LogP contribution in [0.4, 0.5) is 0 Å². The molecule has 0 radical (unpaired) electrons. The van der Waals surface area contributed by atoms with E-state index in [2.05, 4.69) is 29.2 Å². The van der Waals surface area contributed by atoms with Gasteiger partial charge in [0.25, 0.3) is 0 Å². The first-order chi connectivity index (χ1) is 9.28. The number of nitrogens with one attached hydrogen (secondary N) is 1. The van der Waals surface area contributed by atoms with Crippen molar-refractivity contribution in [3.8, 4) is 0 Å². The molecule has 0 aliphatic heterocycles. The number of ether oxygens (including phenoxy) is 1. The molecule has 0 unspecified atom stereocenters. The first kappa shape index (κ1) is 13.4. The van der Waals surface area contributed by atoms with Crippen molar-refractivity contribution in [1.82, 2.24) is 4.98 Å². The molecule has 0 spiro atoms. The van der Waals surface area contributed by atoms with Gasteiger partial charge in [0.15, 0.2) is 0 Å². The van der Waals surface area contributed by atoms with Crippen LogP contribution < -0.4 is 0 Å². The molecular formula is C16H19NO2. The Balaban J connectivity index is 1.85. The van der Waals surface area contributed by atoms with Gasteiger partial charge in [0.1, 0.15) is 0 Å². The van der Waals surface area contributed by atoms with E-state index in [-0.39, 0.29) is 5.97 Å². The Kier molecular flexibility index (Phi) is 4.78. The van der Waals surface area contributed by atoms with Crippen LogP contribution in [-0.2, 0) is 28.8 Å². The number of rotatable bonds is 6. The summed E-state index contributed by atoms with van der Waals surface area (Å²) in [4.78, 5) is 14.6. The Bertz CT molecular complexity index is 517. The summed E-state index contributed by atoms with van der Waals surface area (Å²) in [5.74, 6) is -0.182. The Morgan fingerprint density at radius 2 is 1.79 bits per heavy atom. The minimum absolute atomic E-state index is 0.182. The topological polar surface area (TPSA) is 42.1 Å². The first-order valence-electron chi connectivity index (χ1n) is 6.64. The average Bonchev–Trinajstić information content (AvgIpc) is 2.85. The summed E-state index contributed by atoms with van der Waals surface area (Å²) >= 11 is 0. The van der Waals surface area contributed by atoms with E-state index in [0.717, 1.165) is 24.2 Å². The summed E-state index contributed by atoms with van der Waals surface area (Å²) in [6, 6.07) is 14.4. The van der Waals surface area contributed by atoms with Crippen LogP contribution in [0.1, 0.15) is 23.9 Å². The van der Waals surface area contributed by atoms with Gasteiger partial charge in [-0.2, -0.15) is 0 Å². The molecule has 2 rings (SSSR count). The van der Waals surface area contributed by atoms with E-state index in [4.69, 9.17) is 4.74 Å². The SMILES string of the molecule is CCOC(=O)Cc1ccc(CCc2ccccc2)[nH]1. The minimum atomic E-state index is -0.182. The second-order valence-electron chi connectivity index (χ2n) is 4.48. The fourth-order valence-corrected chi connectivity index (χ4v) is 2.03. The summed E-state index contributed by atoms with van der Waals surface area (Å²) < 4.78 is 4.93. The van der Waals surface area contributed by atoms with Crippen molar-refractivity contribution in [2.24, 2.45) is 0 Å². The zero-order chi connectivity index (χ0) is 13.5. The lowest BCUT2D eigenvalue weighted by atomic mass is 10.1. The second-order valence-corrected chi connectivity index (χ2v) is 4.48. The molecule has 0 atom stereocenters. The van der Waals surface area contributed by atoms with Crippen LogP contribution >= 0.6 is 0 Å². The van der Waals surface area contributed by atoms with Gasteiger partial charge in [0, 0.05) is 11.4 Å². The van der Waals surface area contributed by atoms with Crippen molar-refractivity contribution in [1.29, 1.82) is 0 Å². The highest BCUT2D eigenvalue weighted by Crippen LogP contribution is 2.08. The van der Waals surface area contributed by atoms with E-state index < -0.39 is 0 Å². The highest BCUT2D eigenvalue weighted by Gasteiger charge is 2.06. The normalized spacial score (nSPS) is 10.4. The van der Waals surface area contributed by atoms with Gasteiger partial charge in [0.05, 0.1) is 13.0 Å². The van der Waals surface area contributed by atoms with Crippen LogP contribution in [-0.4, -0.2) is 17.6 Å². The lowest BCUT2D eigenvalue weighted by Crippen LogP contribution is -2.07. The lowest BCUT2D eigenvalue weighted by molar-refractivity contribution is -0.142. The number of aromatic nitrogens is 1. The molecule has 0 fully saturated rings.